The number of nitrogens with one attached hydrogen (secondary N) is 5. The van der Waals surface area contributed by atoms with Crippen LogP contribution in [0.3, 0.4) is 0 Å². The van der Waals surface area contributed by atoms with Crippen molar-refractivity contribution in [1.29, 1.82) is 0 Å². The molecular weight excluding hydrogens is 702 g/mol. The van der Waals surface area contributed by atoms with Crippen molar-refractivity contribution >= 4 is 57.7 Å². The average molecular weight is 740 g/mol. The molecule has 278 valence electrons. The summed E-state index contributed by atoms with van der Waals surface area (Å²) < 4.78 is 5.41. The average Bonchev–Trinajstić information content (AvgIpc) is 3.91. The van der Waals surface area contributed by atoms with Crippen molar-refractivity contribution in [3.63, 3.8) is 0 Å². The lowest BCUT2D eigenvalue weighted by molar-refractivity contribution is -0.129. The second-order valence-electron chi connectivity index (χ2n) is 13.0. The van der Waals surface area contributed by atoms with Gasteiger partial charge in [0.15, 0.2) is 5.78 Å². The van der Waals surface area contributed by atoms with Crippen molar-refractivity contribution in [1.82, 2.24) is 40.9 Å². The molecule has 55 heavy (non-hydrogen) atoms. The molecule has 1 aliphatic heterocycles. The number of Topliss-reactive ketones (excluding diaryl/α,β-unsaturated/α-hetero) is 1. The number of hydrogen-bond donors (Lipinski definition) is 5. The van der Waals surface area contributed by atoms with E-state index in [0.29, 0.717) is 5.69 Å². The Morgan fingerprint density at radius 2 is 1.47 bits per heavy atom. The minimum atomic E-state index is -1.17. The first kappa shape index (κ1) is 36.2. The number of nitrogens with zero attached hydrogens (tertiary/aromatic N) is 4. The number of carbonyl (C=O) groups is 5. The quantitative estimate of drug-likeness (QED) is 0.0769. The minimum Gasteiger partial charge on any atom is -0.443 e. The summed E-state index contributed by atoms with van der Waals surface area (Å²) in [6.45, 7) is -0.463. The van der Waals surface area contributed by atoms with Gasteiger partial charge in [0.25, 0.3) is 0 Å². The van der Waals surface area contributed by atoms with Crippen LogP contribution in [0, 0.1) is 5.92 Å². The molecule has 5 amide bonds. The first-order chi connectivity index (χ1) is 26.8. The van der Waals surface area contributed by atoms with E-state index in [1.165, 1.54) is 24.8 Å². The third kappa shape index (κ3) is 8.90. The second kappa shape index (κ2) is 16.7. The zero-order chi connectivity index (χ0) is 38.1. The van der Waals surface area contributed by atoms with E-state index < -0.39 is 47.7 Å². The number of aromatic nitrogens is 4. The van der Waals surface area contributed by atoms with Crippen LogP contribution >= 0.6 is 0 Å². The predicted octanol–water partition coefficient (Wildman–Crippen LogP) is 3.97. The fourth-order valence-corrected chi connectivity index (χ4v) is 6.51. The van der Waals surface area contributed by atoms with Crippen molar-refractivity contribution in [2.75, 3.05) is 6.54 Å². The number of aromatic amines is 2. The molecule has 0 saturated carbocycles. The highest BCUT2D eigenvalue weighted by Crippen LogP contribution is 2.23. The molecule has 0 aliphatic carbocycles. The standard InChI is InChI=1S/C40H37N9O6/c50-36-23-49(39(53)48-36)45-21-28(16-25-8-2-1-3-9-25)37(51)34(17-26-19-43-32-12-6-4-10-30(26)32)46-38(52)35(18-27-20-44-33-13-7-5-11-31(27)33)47-40(54)55-24-29-22-41-14-15-42-29/h1-15,19-22,28,34-35,43-44H,16-18,23-24H2,(H,46,52)(H,47,54)(H,48,50,53). The number of amides is 5. The van der Waals surface area contributed by atoms with Gasteiger partial charge in [0, 0.05) is 65.6 Å². The van der Waals surface area contributed by atoms with Crippen LogP contribution in [0.2, 0.25) is 0 Å². The van der Waals surface area contributed by atoms with Gasteiger partial charge >= 0.3 is 12.1 Å². The number of ketones is 1. The molecule has 0 bridgehead atoms. The van der Waals surface area contributed by atoms with E-state index in [1.54, 1.807) is 12.4 Å². The zero-order valence-electron chi connectivity index (χ0n) is 29.5. The summed E-state index contributed by atoms with van der Waals surface area (Å²) >= 11 is 0. The van der Waals surface area contributed by atoms with E-state index in [2.05, 4.69) is 41.0 Å². The molecule has 1 fully saturated rings. The lowest BCUT2D eigenvalue weighted by Gasteiger charge is -2.25. The van der Waals surface area contributed by atoms with Gasteiger partial charge in [-0.05, 0) is 35.2 Å². The number of imide groups is 1. The van der Waals surface area contributed by atoms with Crippen LogP contribution < -0.4 is 16.0 Å². The Kier molecular flexibility index (Phi) is 11.0. The van der Waals surface area contributed by atoms with Crippen molar-refractivity contribution in [2.24, 2.45) is 11.0 Å². The molecule has 5 N–H and O–H groups in total. The van der Waals surface area contributed by atoms with Gasteiger partial charge in [-0.1, -0.05) is 66.7 Å². The molecule has 0 radical (unpaired) electrons. The Labute approximate surface area is 314 Å². The maximum Gasteiger partial charge on any atom is 0.408 e. The van der Waals surface area contributed by atoms with Gasteiger partial charge in [-0.25, -0.2) is 14.6 Å². The molecule has 3 atom stereocenters. The third-order valence-electron chi connectivity index (χ3n) is 9.26. The fraction of sp³-hybridized carbons (Fsp3) is 0.200. The Morgan fingerprint density at radius 1 is 0.818 bits per heavy atom. The monoisotopic (exact) mass is 739 g/mol. The predicted molar refractivity (Wildman–Crippen MR) is 202 cm³/mol. The van der Waals surface area contributed by atoms with E-state index in [-0.39, 0.29) is 32.4 Å². The van der Waals surface area contributed by atoms with Crippen LogP contribution in [0.1, 0.15) is 22.4 Å². The van der Waals surface area contributed by atoms with Crippen LogP contribution in [-0.4, -0.2) is 79.5 Å². The summed E-state index contributed by atoms with van der Waals surface area (Å²) in [5.41, 5.74) is 4.48. The molecule has 3 aromatic heterocycles. The Bertz CT molecular complexity index is 2360. The van der Waals surface area contributed by atoms with Crippen molar-refractivity contribution < 1.29 is 28.7 Å². The molecule has 3 unspecified atom stereocenters. The zero-order valence-corrected chi connectivity index (χ0v) is 29.5. The van der Waals surface area contributed by atoms with Crippen molar-refractivity contribution in [2.45, 2.75) is 38.0 Å². The van der Waals surface area contributed by atoms with Crippen LogP contribution in [0.15, 0.2) is 115 Å². The molecule has 6 aromatic rings. The Balaban J connectivity index is 1.20. The number of rotatable bonds is 15. The SMILES string of the molecule is O=C1CN(N=CC(Cc2ccccc2)C(=O)C(Cc2c[nH]c3ccccc23)NC(=O)C(Cc2c[nH]c3ccccc23)NC(=O)OCc2cnccn2)C(=O)N1. The second-order valence-corrected chi connectivity index (χ2v) is 13.0. The maximum atomic E-state index is 14.8. The first-order valence-corrected chi connectivity index (χ1v) is 17.6. The number of fused-ring (bicyclic) bond motifs is 2. The van der Waals surface area contributed by atoms with Crippen LogP contribution in [0.4, 0.5) is 9.59 Å². The summed E-state index contributed by atoms with van der Waals surface area (Å²) in [6, 6.07) is 21.5. The number of hydrogen-bond acceptors (Lipinski definition) is 9. The summed E-state index contributed by atoms with van der Waals surface area (Å²) in [4.78, 5) is 81.2. The van der Waals surface area contributed by atoms with Crippen LogP contribution in [-0.2, 0) is 45.0 Å². The topological polar surface area (TPSA) is 204 Å². The Hall–Kier alpha value is -7.16. The third-order valence-corrected chi connectivity index (χ3v) is 9.26. The number of benzene rings is 3. The molecule has 1 saturated heterocycles. The van der Waals surface area contributed by atoms with E-state index in [9.17, 15) is 24.0 Å². The largest absolute Gasteiger partial charge is 0.443 e. The summed E-state index contributed by atoms with van der Waals surface area (Å²) in [7, 11) is 0. The number of ether oxygens (including phenoxy) is 1. The van der Waals surface area contributed by atoms with Crippen LogP contribution in [0.5, 0.6) is 0 Å². The van der Waals surface area contributed by atoms with E-state index in [0.717, 1.165) is 43.5 Å². The molecule has 3 aromatic carbocycles. The fourth-order valence-electron chi connectivity index (χ4n) is 6.51. The summed E-state index contributed by atoms with van der Waals surface area (Å²) in [5, 5.41) is 14.8. The molecule has 15 heteroatoms. The normalized spacial score (nSPS) is 14.5. The first-order valence-electron chi connectivity index (χ1n) is 17.6. The highest BCUT2D eigenvalue weighted by Gasteiger charge is 2.33. The van der Waals surface area contributed by atoms with Gasteiger partial charge in [-0.3, -0.25) is 29.7 Å². The van der Waals surface area contributed by atoms with Crippen LogP contribution in [0.25, 0.3) is 21.8 Å². The molecule has 1 aliphatic rings. The van der Waals surface area contributed by atoms with Gasteiger partial charge in [0.1, 0.15) is 19.2 Å². The Morgan fingerprint density at radius 3 is 2.11 bits per heavy atom. The van der Waals surface area contributed by atoms with E-state index >= 15 is 0 Å². The van der Waals surface area contributed by atoms with Crippen molar-refractivity contribution in [3.8, 4) is 0 Å². The molecule has 15 nitrogen and oxygen atoms in total. The van der Waals surface area contributed by atoms with Crippen molar-refractivity contribution in [3.05, 3.63) is 132 Å². The highest BCUT2D eigenvalue weighted by molar-refractivity contribution is 6.04. The molecule has 7 rings (SSSR count). The maximum absolute atomic E-state index is 14.8. The summed E-state index contributed by atoms with van der Waals surface area (Å²) in [5.74, 6) is -2.46. The van der Waals surface area contributed by atoms with E-state index in [4.69, 9.17) is 4.74 Å². The highest BCUT2D eigenvalue weighted by atomic mass is 16.5. The van der Waals surface area contributed by atoms with Gasteiger partial charge < -0.3 is 25.3 Å². The number of carbonyl (C=O) groups excluding carboxylic acids is 5. The number of H-pyrrole nitrogens is 2. The molecular formula is C40H37N9O6. The van der Waals surface area contributed by atoms with Gasteiger partial charge in [0.2, 0.25) is 11.8 Å². The number of para-hydroxylation sites is 2. The van der Waals surface area contributed by atoms with Gasteiger partial charge in [-0.15, -0.1) is 0 Å². The number of alkyl carbamates (subject to hydrolysis) is 1. The van der Waals surface area contributed by atoms with E-state index in [1.807, 2.05) is 78.9 Å². The smallest absolute Gasteiger partial charge is 0.408 e. The minimum absolute atomic E-state index is 0.0666. The molecule has 0 spiro atoms. The number of hydrazone groups is 1. The molecule has 4 heterocycles. The summed E-state index contributed by atoms with van der Waals surface area (Å²) in [6.07, 6.45) is 8.84. The van der Waals surface area contributed by atoms with Gasteiger partial charge in [0.05, 0.1) is 23.9 Å². The van der Waals surface area contributed by atoms with Gasteiger partial charge in [-0.2, -0.15) is 5.10 Å². The number of urea groups is 1. The lowest BCUT2D eigenvalue weighted by Crippen LogP contribution is -2.54. The lowest BCUT2D eigenvalue weighted by atomic mass is 9.89.